The molecular formula is C30H8O3. The molecule has 0 aliphatic heterocycles. The van der Waals surface area contributed by atoms with E-state index in [1.807, 2.05) is 0 Å². The zero-order valence-electron chi connectivity index (χ0n) is 17.1. The SMILES string of the molecule is C#CC#CC#CC#CC#CC#CC#CC#CC#CC#CC#COc1ccc(C(=O)OC)cc1. The largest absolute Gasteiger partial charge is 0.465 e. The third-order valence-corrected chi connectivity index (χ3v) is 2.69. The van der Waals surface area contributed by atoms with E-state index in [0.717, 1.165) is 0 Å². The minimum atomic E-state index is -0.429. The van der Waals surface area contributed by atoms with Crippen molar-refractivity contribution in [2.75, 3.05) is 7.11 Å². The Morgan fingerprint density at radius 3 is 1.33 bits per heavy atom. The summed E-state index contributed by atoms with van der Waals surface area (Å²) in [5.41, 5.74) is 0.413. The molecule has 0 aliphatic carbocycles. The maximum Gasteiger partial charge on any atom is 0.337 e. The van der Waals surface area contributed by atoms with E-state index in [0.29, 0.717) is 11.3 Å². The molecule has 0 atom stereocenters. The predicted octanol–water partition coefficient (Wildman–Crippen LogP) is 1.48. The first-order valence-electron chi connectivity index (χ1n) is 8.58. The third kappa shape index (κ3) is 13.5. The van der Waals surface area contributed by atoms with Gasteiger partial charge in [0.1, 0.15) is 11.9 Å². The summed E-state index contributed by atoms with van der Waals surface area (Å²) in [5.74, 6) is 49.1. The van der Waals surface area contributed by atoms with Crippen molar-refractivity contribution in [1.29, 1.82) is 0 Å². The van der Waals surface area contributed by atoms with Crippen LogP contribution in [0.5, 0.6) is 5.75 Å². The van der Waals surface area contributed by atoms with Crippen molar-refractivity contribution in [2.45, 2.75) is 0 Å². The number of hydrogen-bond donors (Lipinski definition) is 0. The van der Waals surface area contributed by atoms with Gasteiger partial charge >= 0.3 is 5.97 Å². The van der Waals surface area contributed by atoms with Crippen LogP contribution in [0.4, 0.5) is 0 Å². The monoisotopic (exact) mass is 416 g/mol. The molecule has 3 nitrogen and oxygen atoms in total. The predicted molar refractivity (Wildman–Crippen MR) is 125 cm³/mol. The fourth-order valence-corrected chi connectivity index (χ4v) is 1.45. The van der Waals surface area contributed by atoms with Gasteiger partial charge in [0.2, 0.25) is 0 Å². The Bertz CT molecular complexity index is 1580. The van der Waals surface area contributed by atoms with Gasteiger partial charge in [0, 0.05) is 71.0 Å². The molecule has 0 unspecified atom stereocenters. The number of methoxy groups -OCH3 is 1. The fraction of sp³-hybridized carbons (Fsp3) is 0.0333. The summed E-state index contributed by atoms with van der Waals surface area (Å²) < 4.78 is 9.76. The van der Waals surface area contributed by atoms with Crippen molar-refractivity contribution in [3.05, 3.63) is 29.8 Å². The van der Waals surface area contributed by atoms with Crippen molar-refractivity contribution in [2.24, 2.45) is 0 Å². The number of ether oxygens (including phenoxy) is 2. The minimum Gasteiger partial charge on any atom is -0.465 e. The van der Waals surface area contributed by atoms with Crippen LogP contribution in [0.1, 0.15) is 10.4 Å². The Labute approximate surface area is 194 Å². The lowest BCUT2D eigenvalue weighted by molar-refractivity contribution is 0.0600. The van der Waals surface area contributed by atoms with Gasteiger partial charge in [0.05, 0.1) is 12.7 Å². The zero-order chi connectivity index (χ0) is 23.8. The summed E-state index contributed by atoms with van der Waals surface area (Å²) in [6.45, 7) is 0. The first-order chi connectivity index (χ1) is 16.3. The first kappa shape index (κ1) is 24.7. The van der Waals surface area contributed by atoms with Crippen molar-refractivity contribution < 1.29 is 14.3 Å². The Morgan fingerprint density at radius 2 is 0.970 bits per heavy atom. The highest BCUT2D eigenvalue weighted by Crippen LogP contribution is 2.12. The second kappa shape index (κ2) is 17.7. The summed E-state index contributed by atoms with van der Waals surface area (Å²) in [7, 11) is 1.31. The van der Waals surface area contributed by atoms with Crippen LogP contribution in [0, 0.1) is 131 Å². The Hall–Kier alpha value is -6.35. The molecule has 0 saturated carbocycles. The van der Waals surface area contributed by atoms with E-state index in [9.17, 15) is 4.79 Å². The molecule has 0 fully saturated rings. The molecule has 0 saturated heterocycles. The van der Waals surface area contributed by atoms with Crippen molar-refractivity contribution >= 4 is 5.97 Å². The minimum absolute atomic E-state index is 0.413. The molecule has 33 heavy (non-hydrogen) atoms. The number of carbonyl (C=O) groups is 1. The van der Waals surface area contributed by atoms with E-state index in [4.69, 9.17) is 11.2 Å². The summed E-state index contributed by atoms with van der Waals surface area (Å²) in [4.78, 5) is 11.3. The highest BCUT2D eigenvalue weighted by atomic mass is 16.5. The van der Waals surface area contributed by atoms with E-state index in [1.54, 1.807) is 24.3 Å². The normalized spacial score (nSPS) is 5.82. The standard InChI is InChI=1S/C30H8O3/c1-3-4-5-6-7-8-9-10-11-12-13-14-15-16-17-18-19-20-21-22-27-33-29-25-23-28(24-26-29)30(31)32-2/h1,23-26H,2H3. The summed E-state index contributed by atoms with van der Waals surface area (Å²) in [6.07, 6.45) is 7.33. The van der Waals surface area contributed by atoms with Crippen molar-refractivity contribution in [1.82, 2.24) is 0 Å². The Morgan fingerprint density at radius 1 is 0.606 bits per heavy atom. The molecule has 0 aliphatic rings. The van der Waals surface area contributed by atoms with Gasteiger partial charge in [-0.15, -0.1) is 6.42 Å². The van der Waals surface area contributed by atoms with Crippen molar-refractivity contribution in [3.63, 3.8) is 0 Å². The van der Waals surface area contributed by atoms with Gasteiger partial charge in [-0.25, -0.2) is 4.79 Å². The molecule has 3 heteroatoms. The van der Waals surface area contributed by atoms with E-state index in [1.165, 1.54) is 7.11 Å². The number of carbonyl (C=O) groups excluding carboxylic acids is 1. The van der Waals surface area contributed by atoms with Crippen LogP contribution in [-0.4, -0.2) is 13.1 Å². The van der Waals surface area contributed by atoms with E-state index in [2.05, 4.69) is 129 Å². The quantitative estimate of drug-likeness (QED) is 0.541. The van der Waals surface area contributed by atoms with Crippen molar-refractivity contribution in [3.8, 4) is 137 Å². The first-order valence-corrected chi connectivity index (χ1v) is 8.58. The number of esters is 1. The lowest BCUT2D eigenvalue weighted by Crippen LogP contribution is -2.00. The molecule has 0 bridgehead atoms. The number of hydrogen-bond acceptors (Lipinski definition) is 3. The second-order valence-electron chi connectivity index (χ2n) is 4.74. The van der Waals surface area contributed by atoms with Crippen LogP contribution in [-0.2, 0) is 4.74 Å². The van der Waals surface area contributed by atoms with E-state index < -0.39 is 5.97 Å². The van der Waals surface area contributed by atoms with Gasteiger partial charge in [-0.05, 0) is 71.6 Å². The van der Waals surface area contributed by atoms with Gasteiger partial charge in [-0.3, -0.25) is 0 Å². The Kier molecular flexibility index (Phi) is 13.3. The molecule has 146 valence electrons. The number of rotatable bonds is 2. The van der Waals surface area contributed by atoms with Gasteiger partial charge in [0.25, 0.3) is 0 Å². The van der Waals surface area contributed by atoms with Crippen LogP contribution in [0.15, 0.2) is 24.3 Å². The highest BCUT2D eigenvalue weighted by molar-refractivity contribution is 5.89. The van der Waals surface area contributed by atoms with Gasteiger partial charge in [-0.2, -0.15) is 0 Å². The smallest absolute Gasteiger partial charge is 0.337 e. The average molecular weight is 416 g/mol. The lowest BCUT2D eigenvalue weighted by atomic mass is 10.2. The highest BCUT2D eigenvalue weighted by Gasteiger charge is 2.03. The van der Waals surface area contributed by atoms with Gasteiger partial charge < -0.3 is 9.47 Å². The molecule has 0 spiro atoms. The van der Waals surface area contributed by atoms with Gasteiger partial charge in [0.15, 0.2) is 0 Å². The molecule has 0 radical (unpaired) electrons. The van der Waals surface area contributed by atoms with Crippen LogP contribution < -0.4 is 4.74 Å². The maximum absolute atomic E-state index is 11.3. The summed E-state index contributed by atoms with van der Waals surface area (Å²) >= 11 is 0. The van der Waals surface area contributed by atoms with E-state index in [-0.39, 0.29) is 0 Å². The van der Waals surface area contributed by atoms with Crippen LogP contribution in [0.25, 0.3) is 0 Å². The van der Waals surface area contributed by atoms with E-state index >= 15 is 0 Å². The lowest BCUT2D eigenvalue weighted by Gasteiger charge is -1.99. The molecule has 0 heterocycles. The molecule has 0 amide bonds. The topological polar surface area (TPSA) is 35.5 Å². The number of terminal acetylenes is 1. The van der Waals surface area contributed by atoms with Gasteiger partial charge in [-0.1, -0.05) is 0 Å². The summed E-state index contributed by atoms with van der Waals surface area (Å²) in [5, 5.41) is 0. The number of benzene rings is 1. The molecular weight excluding hydrogens is 408 g/mol. The third-order valence-electron chi connectivity index (χ3n) is 2.69. The second-order valence-corrected chi connectivity index (χ2v) is 4.74. The molecule has 1 aromatic carbocycles. The maximum atomic E-state index is 11.3. The van der Waals surface area contributed by atoms with Crippen LogP contribution in [0.3, 0.4) is 0 Å². The molecule has 0 N–H and O–H groups in total. The fourth-order valence-electron chi connectivity index (χ4n) is 1.45. The summed E-state index contributed by atoms with van der Waals surface area (Å²) in [6, 6.07) is 6.31. The van der Waals surface area contributed by atoms with Crippen LogP contribution >= 0.6 is 0 Å². The zero-order valence-corrected chi connectivity index (χ0v) is 17.1. The molecule has 0 aromatic heterocycles. The van der Waals surface area contributed by atoms with Crippen LogP contribution in [0.2, 0.25) is 0 Å². The molecule has 1 aromatic rings. The Balaban J connectivity index is 2.43. The molecule has 1 rings (SSSR count). The average Bonchev–Trinajstić information content (AvgIpc) is 2.85.